The van der Waals surface area contributed by atoms with Crippen LogP contribution in [0.1, 0.15) is 29.3 Å². The zero-order chi connectivity index (χ0) is 19.1. The summed E-state index contributed by atoms with van der Waals surface area (Å²) >= 11 is 1.46. The minimum Gasteiger partial charge on any atom is -0.497 e. The molecule has 1 fully saturated rings. The van der Waals surface area contributed by atoms with Crippen molar-refractivity contribution in [2.24, 2.45) is 0 Å². The van der Waals surface area contributed by atoms with Crippen LogP contribution in [0.5, 0.6) is 11.6 Å². The van der Waals surface area contributed by atoms with E-state index in [0.29, 0.717) is 16.5 Å². The van der Waals surface area contributed by atoms with Gasteiger partial charge in [0, 0.05) is 0 Å². The van der Waals surface area contributed by atoms with Gasteiger partial charge in [-0.1, -0.05) is 23.5 Å². The third kappa shape index (κ3) is 2.85. The monoisotopic (exact) mass is 396 g/mol. The van der Waals surface area contributed by atoms with Crippen molar-refractivity contribution in [1.82, 2.24) is 19.5 Å². The van der Waals surface area contributed by atoms with Gasteiger partial charge in [0.05, 0.1) is 24.3 Å². The zero-order valence-corrected chi connectivity index (χ0v) is 16.2. The van der Waals surface area contributed by atoms with Gasteiger partial charge in [0.15, 0.2) is 5.76 Å². The first-order chi connectivity index (χ1) is 13.7. The number of hydrogen-bond donors (Lipinski definition) is 1. The fourth-order valence-corrected chi connectivity index (χ4v) is 4.89. The van der Waals surface area contributed by atoms with Gasteiger partial charge in [0.2, 0.25) is 16.7 Å². The quantitative estimate of drug-likeness (QED) is 0.550. The van der Waals surface area contributed by atoms with E-state index in [2.05, 4.69) is 21.0 Å². The highest BCUT2D eigenvalue weighted by molar-refractivity contribution is 7.17. The minimum atomic E-state index is -0.0573. The van der Waals surface area contributed by atoms with Crippen LogP contribution in [0.3, 0.4) is 0 Å². The Morgan fingerprint density at radius 2 is 2.07 bits per heavy atom. The second kappa shape index (κ2) is 6.96. The predicted molar refractivity (Wildman–Crippen MR) is 106 cm³/mol. The summed E-state index contributed by atoms with van der Waals surface area (Å²) in [6.45, 7) is 1.99. The van der Waals surface area contributed by atoms with Crippen molar-refractivity contribution >= 4 is 16.3 Å². The molecule has 4 aromatic rings. The third-order valence-corrected chi connectivity index (χ3v) is 6.18. The molecule has 0 aliphatic carbocycles. The van der Waals surface area contributed by atoms with E-state index in [1.165, 1.54) is 15.9 Å². The number of ether oxygens (including phenoxy) is 1. The van der Waals surface area contributed by atoms with Crippen LogP contribution in [0.4, 0.5) is 0 Å². The van der Waals surface area contributed by atoms with E-state index in [1.807, 2.05) is 18.2 Å². The number of methoxy groups -OCH3 is 1. The summed E-state index contributed by atoms with van der Waals surface area (Å²) < 4.78 is 12.3. The van der Waals surface area contributed by atoms with Crippen LogP contribution >= 0.6 is 11.3 Å². The molecule has 3 aromatic heterocycles. The number of rotatable bonds is 5. The van der Waals surface area contributed by atoms with Gasteiger partial charge in [-0.05, 0) is 55.8 Å². The molecule has 0 saturated carbocycles. The number of aromatic nitrogens is 3. The van der Waals surface area contributed by atoms with E-state index in [0.717, 1.165) is 42.1 Å². The Labute approximate surface area is 165 Å². The van der Waals surface area contributed by atoms with Crippen LogP contribution in [-0.4, -0.2) is 44.8 Å². The summed E-state index contributed by atoms with van der Waals surface area (Å²) in [5.41, 5.74) is 1.09. The van der Waals surface area contributed by atoms with Crippen LogP contribution in [0, 0.1) is 0 Å². The topological polar surface area (TPSA) is 76.0 Å². The molecular formula is C20H20N4O3S. The smallest absolute Gasteiger partial charge is 0.230 e. The van der Waals surface area contributed by atoms with E-state index < -0.39 is 0 Å². The number of nitrogens with zero attached hydrogens (tertiary/aromatic N) is 4. The van der Waals surface area contributed by atoms with Crippen molar-refractivity contribution in [3.05, 3.63) is 53.1 Å². The van der Waals surface area contributed by atoms with Crippen LogP contribution in [0.25, 0.3) is 16.5 Å². The van der Waals surface area contributed by atoms with E-state index in [4.69, 9.17) is 9.15 Å². The maximum absolute atomic E-state index is 11.0. The van der Waals surface area contributed by atoms with Crippen molar-refractivity contribution in [2.75, 3.05) is 20.2 Å². The lowest BCUT2D eigenvalue weighted by Crippen LogP contribution is -2.26. The molecule has 5 rings (SSSR count). The van der Waals surface area contributed by atoms with Crippen molar-refractivity contribution in [3.8, 4) is 23.2 Å². The molecular weight excluding hydrogens is 376 g/mol. The third-order valence-electron chi connectivity index (χ3n) is 5.10. The number of benzene rings is 1. The Morgan fingerprint density at radius 3 is 2.79 bits per heavy atom. The second-order valence-corrected chi connectivity index (χ2v) is 7.83. The van der Waals surface area contributed by atoms with Crippen LogP contribution in [0.15, 0.2) is 47.1 Å². The Bertz CT molecular complexity index is 1100. The highest BCUT2D eigenvalue weighted by atomic mass is 32.1. The molecule has 0 unspecified atom stereocenters. The number of fused-ring (bicyclic) bond motifs is 1. The van der Waals surface area contributed by atoms with Gasteiger partial charge >= 0.3 is 0 Å². The van der Waals surface area contributed by atoms with Gasteiger partial charge in [-0.25, -0.2) is 0 Å². The fourth-order valence-electron chi connectivity index (χ4n) is 3.78. The summed E-state index contributed by atoms with van der Waals surface area (Å²) in [7, 11) is 1.67. The van der Waals surface area contributed by atoms with Crippen molar-refractivity contribution < 1.29 is 14.3 Å². The zero-order valence-electron chi connectivity index (χ0n) is 15.4. The van der Waals surface area contributed by atoms with Gasteiger partial charge in [-0.2, -0.15) is 9.50 Å². The molecule has 8 heteroatoms. The van der Waals surface area contributed by atoms with Crippen LogP contribution in [0.2, 0.25) is 0 Å². The number of likely N-dealkylation sites (tertiary alicyclic amines) is 1. The molecule has 1 atom stereocenters. The van der Waals surface area contributed by atoms with E-state index in [1.54, 1.807) is 25.5 Å². The van der Waals surface area contributed by atoms with Crippen molar-refractivity contribution in [3.63, 3.8) is 0 Å². The molecule has 0 amide bonds. The molecule has 1 aliphatic heterocycles. The molecule has 1 aliphatic rings. The lowest BCUT2D eigenvalue weighted by molar-refractivity contribution is 0.276. The number of aromatic hydroxyl groups is 1. The highest BCUT2D eigenvalue weighted by Crippen LogP contribution is 2.42. The summed E-state index contributed by atoms with van der Waals surface area (Å²) in [4.78, 5) is 8.43. The molecule has 4 heterocycles. The van der Waals surface area contributed by atoms with E-state index in [9.17, 15) is 5.11 Å². The molecule has 1 aromatic carbocycles. The molecule has 144 valence electrons. The highest BCUT2D eigenvalue weighted by Gasteiger charge is 2.31. The molecule has 28 heavy (non-hydrogen) atoms. The summed E-state index contributed by atoms with van der Waals surface area (Å²) in [6, 6.07) is 11.6. The van der Waals surface area contributed by atoms with E-state index >= 15 is 0 Å². The molecule has 0 radical (unpaired) electrons. The fraction of sp³-hybridized carbons (Fsp3) is 0.300. The molecule has 7 nitrogen and oxygen atoms in total. The van der Waals surface area contributed by atoms with Crippen molar-refractivity contribution in [1.29, 1.82) is 0 Å². The average Bonchev–Trinajstić information content (AvgIpc) is 3.50. The Balaban J connectivity index is 1.61. The SMILES string of the molecule is COc1cccc([C@H](c2sc3nc(-c4ccco4)nn3c2O)N2CCCC2)c1. The molecule has 0 bridgehead atoms. The summed E-state index contributed by atoms with van der Waals surface area (Å²) in [5.74, 6) is 1.99. The second-order valence-electron chi connectivity index (χ2n) is 6.82. The Morgan fingerprint density at radius 1 is 1.21 bits per heavy atom. The standard InChI is InChI=1S/C20H20N4O3S/c1-26-14-7-4-6-13(12-14)16(23-9-2-3-10-23)17-19(25)24-20(28-17)21-18(22-24)15-8-5-11-27-15/h4-8,11-12,16,25H,2-3,9-10H2,1H3/t16-/m1/s1. The molecule has 0 spiro atoms. The first-order valence-electron chi connectivity index (χ1n) is 9.25. The lowest BCUT2D eigenvalue weighted by Gasteiger charge is -2.27. The van der Waals surface area contributed by atoms with Gasteiger partial charge in [0.1, 0.15) is 5.75 Å². The van der Waals surface area contributed by atoms with Gasteiger partial charge < -0.3 is 14.3 Å². The van der Waals surface area contributed by atoms with Crippen LogP contribution in [-0.2, 0) is 0 Å². The predicted octanol–water partition coefficient (Wildman–Crippen LogP) is 3.95. The van der Waals surface area contributed by atoms with Gasteiger partial charge in [0.25, 0.3) is 0 Å². The maximum atomic E-state index is 11.0. The average molecular weight is 396 g/mol. The lowest BCUT2D eigenvalue weighted by atomic mass is 10.0. The normalized spacial score (nSPS) is 16.0. The van der Waals surface area contributed by atoms with Crippen LogP contribution < -0.4 is 4.74 Å². The van der Waals surface area contributed by atoms with E-state index in [-0.39, 0.29) is 11.9 Å². The largest absolute Gasteiger partial charge is 0.497 e. The van der Waals surface area contributed by atoms with Gasteiger partial charge in [-0.15, -0.1) is 5.10 Å². The summed E-state index contributed by atoms with van der Waals surface area (Å²) in [6.07, 6.45) is 3.90. The minimum absolute atomic E-state index is 0.0573. The first-order valence-corrected chi connectivity index (χ1v) is 10.1. The first kappa shape index (κ1) is 17.3. The van der Waals surface area contributed by atoms with Crippen molar-refractivity contribution in [2.45, 2.75) is 18.9 Å². The Kier molecular flexibility index (Phi) is 4.29. The molecule has 1 N–H and O–H groups in total. The maximum Gasteiger partial charge on any atom is 0.230 e. The summed E-state index contributed by atoms with van der Waals surface area (Å²) in [5, 5.41) is 15.4. The number of furan rings is 1. The molecule has 1 saturated heterocycles. The Hall–Kier alpha value is -2.84. The number of hydrogen-bond acceptors (Lipinski definition) is 7. The van der Waals surface area contributed by atoms with Gasteiger partial charge in [-0.3, -0.25) is 4.90 Å². The number of thiazole rings is 1.